The Kier molecular flexibility index (Phi) is 5.20. The summed E-state index contributed by atoms with van der Waals surface area (Å²) in [5.41, 5.74) is -0.883. The number of sulfone groups is 1. The molecule has 7 nitrogen and oxygen atoms in total. The molecule has 0 bridgehead atoms. The first kappa shape index (κ1) is 17.4. The van der Waals surface area contributed by atoms with E-state index in [1.54, 1.807) is 0 Å². The van der Waals surface area contributed by atoms with Crippen LogP contribution in [0.5, 0.6) is 0 Å². The normalized spacial score (nSPS) is 20.7. The number of rotatable bonds is 6. The van der Waals surface area contributed by atoms with Crippen LogP contribution in [0.25, 0.3) is 0 Å². The van der Waals surface area contributed by atoms with Crippen molar-refractivity contribution in [1.82, 2.24) is 4.31 Å². The van der Waals surface area contributed by atoms with Crippen LogP contribution in [0.15, 0.2) is 0 Å². The maximum absolute atomic E-state index is 11.9. The molecule has 1 aliphatic heterocycles. The van der Waals surface area contributed by atoms with Gasteiger partial charge in [-0.05, 0) is 19.3 Å². The molecule has 1 saturated heterocycles. The van der Waals surface area contributed by atoms with Crippen LogP contribution in [0, 0.1) is 5.41 Å². The molecule has 9 heteroatoms. The minimum atomic E-state index is -3.88. The van der Waals surface area contributed by atoms with Crippen LogP contribution in [0.4, 0.5) is 0 Å². The predicted molar refractivity (Wildman–Crippen MR) is 74.4 cm³/mol. The molecule has 0 atom stereocenters. The molecule has 1 fully saturated rings. The number of piperidine rings is 1. The SMILES string of the molecule is CCCC1(C(=O)O)CCN(S(=O)(=O)CS(C)(=O)=O)CC1. The summed E-state index contributed by atoms with van der Waals surface area (Å²) in [5.74, 6) is -0.903. The zero-order valence-electron chi connectivity index (χ0n) is 11.7. The van der Waals surface area contributed by atoms with Gasteiger partial charge in [-0.2, -0.15) is 0 Å². The van der Waals surface area contributed by atoms with Crippen molar-refractivity contribution in [2.24, 2.45) is 5.41 Å². The monoisotopic (exact) mass is 327 g/mol. The molecule has 0 amide bonds. The van der Waals surface area contributed by atoms with Crippen LogP contribution >= 0.6 is 0 Å². The maximum atomic E-state index is 11.9. The Hall–Kier alpha value is -0.670. The predicted octanol–water partition coefficient (Wildman–Crippen LogP) is 0.285. The molecule has 0 aromatic carbocycles. The van der Waals surface area contributed by atoms with Crippen molar-refractivity contribution < 1.29 is 26.7 Å². The fourth-order valence-electron chi connectivity index (χ4n) is 2.59. The first-order valence-electron chi connectivity index (χ1n) is 6.41. The van der Waals surface area contributed by atoms with Gasteiger partial charge < -0.3 is 5.11 Å². The Morgan fingerprint density at radius 2 is 1.70 bits per heavy atom. The van der Waals surface area contributed by atoms with Gasteiger partial charge in [0, 0.05) is 19.3 Å². The molecule has 1 heterocycles. The van der Waals surface area contributed by atoms with Gasteiger partial charge in [0.05, 0.1) is 5.41 Å². The van der Waals surface area contributed by atoms with Gasteiger partial charge in [-0.15, -0.1) is 0 Å². The molecular formula is C11H21NO6S2. The fourth-order valence-corrected chi connectivity index (χ4v) is 6.09. The van der Waals surface area contributed by atoms with Crippen molar-refractivity contribution in [3.8, 4) is 0 Å². The average molecular weight is 327 g/mol. The quantitative estimate of drug-likeness (QED) is 0.751. The summed E-state index contributed by atoms with van der Waals surface area (Å²) < 4.78 is 47.2. The van der Waals surface area contributed by atoms with Crippen LogP contribution in [-0.2, 0) is 24.7 Å². The van der Waals surface area contributed by atoms with E-state index in [0.717, 1.165) is 10.6 Å². The summed E-state index contributed by atoms with van der Waals surface area (Å²) >= 11 is 0. The molecule has 0 spiro atoms. The third kappa shape index (κ3) is 4.16. The van der Waals surface area contributed by atoms with Gasteiger partial charge in [0.2, 0.25) is 10.0 Å². The third-order valence-electron chi connectivity index (χ3n) is 3.62. The number of hydrogen-bond donors (Lipinski definition) is 1. The van der Waals surface area contributed by atoms with E-state index in [2.05, 4.69) is 0 Å². The third-order valence-corrected chi connectivity index (χ3v) is 7.67. The van der Waals surface area contributed by atoms with E-state index >= 15 is 0 Å². The number of aliphatic carboxylic acids is 1. The van der Waals surface area contributed by atoms with E-state index in [-0.39, 0.29) is 25.9 Å². The van der Waals surface area contributed by atoms with Gasteiger partial charge >= 0.3 is 5.97 Å². The lowest BCUT2D eigenvalue weighted by Crippen LogP contribution is -2.47. The molecule has 0 saturated carbocycles. The maximum Gasteiger partial charge on any atom is 0.309 e. The highest BCUT2D eigenvalue weighted by Crippen LogP contribution is 2.37. The molecule has 0 aromatic rings. The van der Waals surface area contributed by atoms with Crippen LogP contribution in [0.2, 0.25) is 0 Å². The van der Waals surface area contributed by atoms with Crippen molar-refractivity contribution in [3.05, 3.63) is 0 Å². The summed E-state index contributed by atoms with van der Waals surface area (Å²) in [5, 5.41) is 8.41. The number of sulfonamides is 1. The topological polar surface area (TPSA) is 109 Å². The molecule has 0 unspecified atom stereocenters. The van der Waals surface area contributed by atoms with Gasteiger partial charge in [-0.1, -0.05) is 13.3 Å². The van der Waals surface area contributed by atoms with Gasteiger partial charge in [0.1, 0.15) is 0 Å². The van der Waals surface area contributed by atoms with E-state index in [1.807, 2.05) is 6.92 Å². The second kappa shape index (κ2) is 5.98. The highest BCUT2D eigenvalue weighted by molar-refractivity contribution is 8.06. The zero-order valence-corrected chi connectivity index (χ0v) is 13.3. The van der Waals surface area contributed by atoms with Crippen molar-refractivity contribution in [1.29, 1.82) is 0 Å². The van der Waals surface area contributed by atoms with E-state index in [9.17, 15) is 26.7 Å². The standard InChI is InChI=1S/C11H21NO6S2/c1-3-4-11(10(13)14)5-7-12(8-6-11)20(17,18)9-19(2,15)16/h3-9H2,1-2H3,(H,13,14). The molecule has 1 N–H and O–H groups in total. The van der Waals surface area contributed by atoms with Crippen LogP contribution in [0.3, 0.4) is 0 Å². The van der Waals surface area contributed by atoms with Crippen molar-refractivity contribution in [3.63, 3.8) is 0 Å². The second-order valence-electron chi connectivity index (χ2n) is 5.39. The number of hydrogen-bond acceptors (Lipinski definition) is 5. The van der Waals surface area contributed by atoms with E-state index < -0.39 is 36.3 Å². The van der Waals surface area contributed by atoms with Gasteiger partial charge in [0.25, 0.3) is 0 Å². The van der Waals surface area contributed by atoms with Gasteiger partial charge in [-0.3, -0.25) is 4.79 Å². The number of nitrogens with zero attached hydrogens (tertiary/aromatic N) is 1. The Morgan fingerprint density at radius 1 is 1.20 bits per heavy atom. The highest BCUT2D eigenvalue weighted by Gasteiger charge is 2.43. The van der Waals surface area contributed by atoms with Crippen LogP contribution < -0.4 is 0 Å². The smallest absolute Gasteiger partial charge is 0.309 e. The molecule has 0 aliphatic carbocycles. The van der Waals surface area contributed by atoms with Crippen LogP contribution in [-0.4, -0.2) is 56.6 Å². The van der Waals surface area contributed by atoms with Gasteiger partial charge in [0.15, 0.2) is 14.9 Å². The van der Waals surface area contributed by atoms with E-state index in [1.165, 1.54) is 0 Å². The van der Waals surface area contributed by atoms with Crippen molar-refractivity contribution >= 4 is 25.8 Å². The van der Waals surface area contributed by atoms with E-state index in [0.29, 0.717) is 12.8 Å². The molecule has 1 aliphatic rings. The van der Waals surface area contributed by atoms with E-state index in [4.69, 9.17) is 0 Å². The zero-order chi connectivity index (χ0) is 15.6. The van der Waals surface area contributed by atoms with Crippen molar-refractivity contribution in [2.75, 3.05) is 24.4 Å². The fraction of sp³-hybridized carbons (Fsp3) is 0.909. The molecule has 20 heavy (non-hydrogen) atoms. The minimum absolute atomic E-state index is 0.0597. The summed E-state index contributed by atoms with van der Waals surface area (Å²) in [7, 11) is -7.51. The summed E-state index contributed by atoms with van der Waals surface area (Å²) in [6.07, 6.45) is 2.52. The molecule has 118 valence electrons. The highest BCUT2D eigenvalue weighted by atomic mass is 32.3. The van der Waals surface area contributed by atoms with Crippen molar-refractivity contribution in [2.45, 2.75) is 32.6 Å². The summed E-state index contributed by atoms with van der Waals surface area (Å²) in [4.78, 5) is 11.4. The van der Waals surface area contributed by atoms with Gasteiger partial charge in [-0.25, -0.2) is 21.1 Å². The molecule has 0 radical (unpaired) electrons. The Morgan fingerprint density at radius 3 is 2.05 bits per heavy atom. The first-order valence-corrected chi connectivity index (χ1v) is 10.1. The largest absolute Gasteiger partial charge is 0.481 e. The lowest BCUT2D eigenvalue weighted by atomic mass is 9.75. The Bertz CT molecular complexity index is 558. The minimum Gasteiger partial charge on any atom is -0.481 e. The summed E-state index contributed by atoms with van der Waals surface area (Å²) in [6, 6.07) is 0. The summed E-state index contributed by atoms with van der Waals surface area (Å²) in [6.45, 7) is 2.01. The Labute approximate surface area is 119 Å². The number of carboxylic acids is 1. The molecule has 1 rings (SSSR count). The Balaban J connectivity index is 2.82. The number of carboxylic acid groups (broad SMARTS) is 1. The second-order valence-corrected chi connectivity index (χ2v) is 9.86. The average Bonchev–Trinajstić information content (AvgIpc) is 2.26. The van der Waals surface area contributed by atoms with Crippen LogP contribution in [0.1, 0.15) is 32.6 Å². The molecule has 0 aromatic heterocycles. The first-order chi connectivity index (χ1) is 9.02. The lowest BCUT2D eigenvalue weighted by molar-refractivity contribution is -0.152. The lowest BCUT2D eigenvalue weighted by Gasteiger charge is -2.38. The number of carbonyl (C=O) groups is 1. The molecular weight excluding hydrogens is 306 g/mol.